The molecule has 1 saturated heterocycles. The molecule has 1 fully saturated rings. The van der Waals surface area contributed by atoms with Crippen molar-refractivity contribution in [2.45, 2.75) is 32.2 Å². The second-order valence-corrected chi connectivity index (χ2v) is 6.38. The van der Waals surface area contributed by atoms with Crippen molar-refractivity contribution in [3.8, 4) is 0 Å². The van der Waals surface area contributed by atoms with Gasteiger partial charge in [0.2, 0.25) is 15.9 Å². The summed E-state index contributed by atoms with van der Waals surface area (Å²) in [6.45, 7) is 7.37. The van der Waals surface area contributed by atoms with Crippen LogP contribution in [0.5, 0.6) is 0 Å². The van der Waals surface area contributed by atoms with E-state index in [4.69, 9.17) is 0 Å². The van der Waals surface area contributed by atoms with Gasteiger partial charge in [-0.15, -0.1) is 0 Å². The normalized spacial score (nSPS) is 24.1. The molecule has 0 spiro atoms. The molecule has 16 heavy (non-hydrogen) atoms. The Morgan fingerprint density at radius 1 is 1.62 bits per heavy atom. The largest absolute Gasteiger partial charge is 0.351 e. The Morgan fingerprint density at radius 2 is 2.25 bits per heavy atom. The maximum absolute atomic E-state index is 11.5. The van der Waals surface area contributed by atoms with E-state index in [1.165, 1.54) is 0 Å². The molecule has 2 N–H and O–H groups in total. The molecule has 0 aromatic carbocycles. The molecule has 1 rings (SSSR count). The van der Waals surface area contributed by atoms with Gasteiger partial charge in [-0.2, -0.15) is 0 Å². The summed E-state index contributed by atoms with van der Waals surface area (Å²) in [5, 5.41) is 3.74. The molecule has 0 aliphatic carbocycles. The average Bonchev–Trinajstić information content (AvgIpc) is 2.39. The van der Waals surface area contributed by atoms with Gasteiger partial charge in [-0.05, 0) is 26.7 Å². The third kappa shape index (κ3) is 3.61. The molecule has 0 aromatic rings. The molecule has 1 amide bonds. The van der Waals surface area contributed by atoms with Crippen LogP contribution in [-0.4, -0.2) is 26.4 Å². The first-order valence-electron chi connectivity index (χ1n) is 5.20. The maximum Gasteiger partial charge on any atom is 0.233 e. The van der Waals surface area contributed by atoms with Crippen LogP contribution in [0.1, 0.15) is 26.7 Å². The van der Waals surface area contributed by atoms with Crippen LogP contribution in [0.25, 0.3) is 0 Å². The van der Waals surface area contributed by atoms with Gasteiger partial charge < -0.3 is 5.32 Å². The van der Waals surface area contributed by atoms with Gasteiger partial charge in [0, 0.05) is 23.4 Å². The average molecular weight is 246 g/mol. The van der Waals surface area contributed by atoms with Crippen LogP contribution in [0.4, 0.5) is 0 Å². The van der Waals surface area contributed by atoms with E-state index in [2.05, 4.69) is 16.6 Å². The Hall–Kier alpha value is -0.880. The predicted molar refractivity (Wildman–Crippen MR) is 62.1 cm³/mol. The van der Waals surface area contributed by atoms with Gasteiger partial charge in [0.05, 0.1) is 0 Å². The molecule has 1 aliphatic heterocycles. The fourth-order valence-corrected chi connectivity index (χ4v) is 2.38. The van der Waals surface area contributed by atoms with Gasteiger partial charge in [0.1, 0.15) is 0 Å². The Morgan fingerprint density at radius 3 is 2.69 bits per heavy atom. The third-order valence-electron chi connectivity index (χ3n) is 2.60. The zero-order valence-electron chi connectivity index (χ0n) is 9.62. The number of amides is 1. The smallest absolute Gasteiger partial charge is 0.233 e. The van der Waals surface area contributed by atoms with E-state index < -0.39 is 10.0 Å². The highest BCUT2D eigenvalue weighted by Crippen LogP contribution is 2.26. The van der Waals surface area contributed by atoms with Gasteiger partial charge in [-0.1, -0.05) is 6.58 Å². The lowest BCUT2D eigenvalue weighted by atomic mass is 9.94. The lowest BCUT2D eigenvalue weighted by Crippen LogP contribution is -2.34. The minimum atomic E-state index is -3.38. The van der Waals surface area contributed by atoms with Crippen molar-refractivity contribution >= 4 is 15.9 Å². The molecule has 0 bridgehead atoms. The molecule has 5 nitrogen and oxygen atoms in total. The van der Waals surface area contributed by atoms with Crippen LogP contribution in [0, 0.1) is 5.92 Å². The maximum atomic E-state index is 11.5. The monoisotopic (exact) mass is 246 g/mol. The minimum Gasteiger partial charge on any atom is -0.351 e. The van der Waals surface area contributed by atoms with Crippen LogP contribution in [-0.2, 0) is 14.8 Å². The molecular formula is C10H18N2O3S. The SMILES string of the molecule is C=CS(=O)(=O)NCCC1CC(C)(C)NC1=O. The Kier molecular flexibility index (Phi) is 3.75. The third-order valence-corrected chi connectivity index (χ3v) is 3.65. The zero-order chi connectivity index (χ0) is 12.4. The van der Waals surface area contributed by atoms with E-state index in [1.54, 1.807) is 0 Å². The van der Waals surface area contributed by atoms with Crippen LogP contribution in [0.2, 0.25) is 0 Å². The van der Waals surface area contributed by atoms with Crippen LogP contribution < -0.4 is 10.0 Å². The topological polar surface area (TPSA) is 75.3 Å². The number of hydrogen-bond acceptors (Lipinski definition) is 3. The van der Waals surface area contributed by atoms with Crippen molar-refractivity contribution in [2.75, 3.05) is 6.54 Å². The van der Waals surface area contributed by atoms with E-state index in [0.717, 1.165) is 11.8 Å². The van der Waals surface area contributed by atoms with Gasteiger partial charge in [-0.3, -0.25) is 4.79 Å². The van der Waals surface area contributed by atoms with Crippen molar-refractivity contribution in [1.29, 1.82) is 0 Å². The Bertz CT molecular complexity index is 387. The first kappa shape index (κ1) is 13.2. The van der Waals surface area contributed by atoms with Crippen LogP contribution >= 0.6 is 0 Å². The first-order chi connectivity index (χ1) is 7.26. The molecule has 1 unspecified atom stereocenters. The summed E-state index contributed by atoms with van der Waals surface area (Å²) in [5.41, 5.74) is -0.181. The van der Waals surface area contributed by atoms with E-state index in [1.807, 2.05) is 13.8 Å². The van der Waals surface area contributed by atoms with Crippen molar-refractivity contribution in [1.82, 2.24) is 10.0 Å². The number of carbonyl (C=O) groups is 1. The van der Waals surface area contributed by atoms with E-state index in [0.29, 0.717) is 6.42 Å². The number of carbonyl (C=O) groups excluding carboxylic acids is 1. The van der Waals surface area contributed by atoms with E-state index in [9.17, 15) is 13.2 Å². The summed E-state index contributed by atoms with van der Waals surface area (Å²) in [5.74, 6) is -0.106. The predicted octanol–water partition coefficient (Wildman–Crippen LogP) is 0.354. The molecule has 6 heteroatoms. The quantitative estimate of drug-likeness (QED) is 0.735. The van der Waals surface area contributed by atoms with Gasteiger partial charge in [0.25, 0.3) is 0 Å². The molecule has 0 radical (unpaired) electrons. The van der Waals surface area contributed by atoms with Gasteiger partial charge in [0.15, 0.2) is 0 Å². The van der Waals surface area contributed by atoms with Crippen molar-refractivity contribution in [2.24, 2.45) is 5.92 Å². The standard InChI is InChI=1S/C10H18N2O3S/c1-4-16(14,15)11-6-5-8-7-10(2,3)12-9(8)13/h4,8,11H,1,5-7H2,2-3H3,(H,12,13). The number of rotatable bonds is 5. The molecule has 1 heterocycles. The summed E-state index contributed by atoms with van der Waals surface area (Å²) in [7, 11) is -3.38. The van der Waals surface area contributed by atoms with E-state index in [-0.39, 0.29) is 23.9 Å². The molecule has 0 aromatic heterocycles. The lowest BCUT2D eigenvalue weighted by Gasteiger charge is -2.16. The fourth-order valence-electron chi connectivity index (χ4n) is 1.86. The van der Waals surface area contributed by atoms with Gasteiger partial charge >= 0.3 is 0 Å². The van der Waals surface area contributed by atoms with Crippen LogP contribution in [0.15, 0.2) is 12.0 Å². The second kappa shape index (κ2) is 4.55. The summed E-state index contributed by atoms with van der Waals surface area (Å²) < 4.78 is 24.5. The Labute approximate surface area is 96.4 Å². The molecule has 92 valence electrons. The number of hydrogen-bond donors (Lipinski definition) is 2. The number of nitrogens with one attached hydrogen (secondary N) is 2. The van der Waals surface area contributed by atoms with Gasteiger partial charge in [-0.25, -0.2) is 13.1 Å². The summed E-state index contributed by atoms with van der Waals surface area (Å²) >= 11 is 0. The molecule has 1 atom stereocenters. The van der Waals surface area contributed by atoms with E-state index >= 15 is 0 Å². The summed E-state index contributed by atoms with van der Waals surface area (Å²) in [6, 6.07) is 0. The van der Waals surface area contributed by atoms with Crippen molar-refractivity contribution < 1.29 is 13.2 Å². The molecular weight excluding hydrogens is 228 g/mol. The Balaban J connectivity index is 2.40. The molecule has 1 aliphatic rings. The first-order valence-corrected chi connectivity index (χ1v) is 6.74. The summed E-state index contributed by atoms with van der Waals surface area (Å²) in [6.07, 6.45) is 1.25. The zero-order valence-corrected chi connectivity index (χ0v) is 10.4. The highest BCUT2D eigenvalue weighted by atomic mass is 32.2. The molecule has 0 saturated carbocycles. The number of sulfonamides is 1. The fraction of sp³-hybridized carbons (Fsp3) is 0.700. The van der Waals surface area contributed by atoms with Crippen LogP contribution in [0.3, 0.4) is 0 Å². The van der Waals surface area contributed by atoms with Crippen molar-refractivity contribution in [3.05, 3.63) is 12.0 Å². The second-order valence-electron chi connectivity index (χ2n) is 4.67. The highest BCUT2D eigenvalue weighted by Gasteiger charge is 2.36. The highest BCUT2D eigenvalue weighted by molar-refractivity contribution is 7.92. The van der Waals surface area contributed by atoms with Crippen molar-refractivity contribution in [3.63, 3.8) is 0 Å². The minimum absolute atomic E-state index is 0.00259. The lowest BCUT2D eigenvalue weighted by molar-refractivity contribution is -0.122. The summed E-state index contributed by atoms with van der Waals surface area (Å²) in [4.78, 5) is 11.5.